The highest BCUT2D eigenvalue weighted by Crippen LogP contribution is 2.39. The number of aliphatic carboxylic acids is 1. The smallest absolute Gasteiger partial charge is 0.303 e. The van der Waals surface area contributed by atoms with E-state index in [9.17, 15) is 4.79 Å². The largest absolute Gasteiger partial charge is 0.481 e. The van der Waals surface area contributed by atoms with E-state index >= 15 is 0 Å². The minimum Gasteiger partial charge on any atom is -0.481 e. The highest BCUT2D eigenvalue weighted by Gasteiger charge is 2.28. The monoisotopic (exact) mass is 298 g/mol. The Morgan fingerprint density at radius 2 is 1.33 bits per heavy atom. The first-order chi connectivity index (χ1) is 9.52. The van der Waals surface area contributed by atoms with Crippen LogP contribution in [-0.2, 0) is 4.79 Å². The number of carbonyl (C=O) groups is 1. The second-order valence-corrected chi connectivity index (χ2v) is 8.88. The summed E-state index contributed by atoms with van der Waals surface area (Å²) in [5, 5.41) is 8.58. The van der Waals surface area contributed by atoms with E-state index in [1.54, 1.807) is 0 Å². The van der Waals surface area contributed by atoms with Crippen molar-refractivity contribution in [2.45, 2.75) is 99.3 Å². The minimum atomic E-state index is -0.662. The van der Waals surface area contributed by atoms with Gasteiger partial charge in [0.25, 0.3) is 0 Å². The van der Waals surface area contributed by atoms with Gasteiger partial charge < -0.3 is 5.11 Å². The van der Waals surface area contributed by atoms with Crippen LogP contribution in [0.5, 0.6) is 0 Å². The average Bonchev–Trinajstić information content (AvgIpc) is 2.27. The van der Waals surface area contributed by atoms with Gasteiger partial charge >= 0.3 is 5.97 Å². The molecule has 1 N–H and O–H groups in total. The number of rotatable bonds is 10. The zero-order valence-corrected chi connectivity index (χ0v) is 15.3. The van der Waals surface area contributed by atoms with Crippen LogP contribution < -0.4 is 0 Å². The molecule has 0 aromatic carbocycles. The third-order valence-electron chi connectivity index (χ3n) is 4.28. The zero-order valence-electron chi connectivity index (χ0n) is 15.3. The fourth-order valence-corrected chi connectivity index (χ4v) is 2.95. The summed E-state index contributed by atoms with van der Waals surface area (Å²) in [6.45, 7) is 14.1. The average molecular weight is 299 g/mol. The molecular weight excluding hydrogens is 260 g/mol. The summed E-state index contributed by atoms with van der Waals surface area (Å²) in [5.74, 6) is 0.134. The van der Waals surface area contributed by atoms with Crippen molar-refractivity contribution in [2.24, 2.45) is 16.7 Å². The van der Waals surface area contributed by atoms with E-state index in [2.05, 4.69) is 41.5 Å². The van der Waals surface area contributed by atoms with Crippen LogP contribution >= 0.6 is 0 Å². The van der Waals surface area contributed by atoms with Gasteiger partial charge in [-0.1, -0.05) is 73.6 Å². The lowest BCUT2D eigenvalue weighted by molar-refractivity contribution is -0.137. The van der Waals surface area contributed by atoms with Gasteiger partial charge in [0.05, 0.1) is 0 Å². The summed E-state index contributed by atoms with van der Waals surface area (Å²) in [7, 11) is 0. The van der Waals surface area contributed by atoms with Crippen LogP contribution in [0.4, 0.5) is 0 Å². The topological polar surface area (TPSA) is 37.3 Å². The quantitative estimate of drug-likeness (QED) is 0.481. The molecule has 0 aromatic heterocycles. The third-order valence-corrected chi connectivity index (χ3v) is 4.28. The van der Waals surface area contributed by atoms with Gasteiger partial charge in [-0.15, -0.1) is 0 Å². The lowest BCUT2D eigenvalue weighted by atomic mass is 9.70. The Morgan fingerprint density at radius 3 is 1.76 bits per heavy atom. The lowest BCUT2D eigenvalue weighted by Crippen LogP contribution is -2.25. The predicted molar refractivity (Wildman–Crippen MR) is 91.6 cm³/mol. The molecule has 0 aliphatic rings. The molecular formula is C19H38O2. The standard InChI is InChI=1S/C19H38O2/c1-18(2,3)15-16(19(4,5)6)13-11-9-7-8-10-12-14-17(20)21/h16H,7-15H2,1-6H3,(H,20,21). The summed E-state index contributed by atoms with van der Waals surface area (Å²) in [4.78, 5) is 10.4. The molecule has 0 saturated carbocycles. The van der Waals surface area contributed by atoms with Crippen molar-refractivity contribution in [3.63, 3.8) is 0 Å². The first kappa shape index (κ1) is 20.5. The van der Waals surface area contributed by atoms with Crippen LogP contribution in [0, 0.1) is 16.7 Å². The summed E-state index contributed by atoms with van der Waals surface area (Å²) >= 11 is 0. The zero-order chi connectivity index (χ0) is 16.5. The maximum absolute atomic E-state index is 10.4. The van der Waals surface area contributed by atoms with E-state index in [4.69, 9.17) is 5.11 Å². The molecule has 0 saturated heterocycles. The van der Waals surface area contributed by atoms with Crippen LogP contribution in [0.15, 0.2) is 0 Å². The summed E-state index contributed by atoms with van der Waals surface area (Å²) in [5.41, 5.74) is 0.809. The fourth-order valence-electron chi connectivity index (χ4n) is 2.95. The molecule has 2 heteroatoms. The van der Waals surface area contributed by atoms with Crippen molar-refractivity contribution in [1.82, 2.24) is 0 Å². The molecule has 21 heavy (non-hydrogen) atoms. The Bertz CT molecular complexity index is 281. The minimum absolute atomic E-state index is 0.331. The number of carboxylic acid groups (broad SMARTS) is 1. The molecule has 126 valence electrons. The number of hydrogen-bond acceptors (Lipinski definition) is 1. The van der Waals surface area contributed by atoms with E-state index in [1.165, 1.54) is 38.5 Å². The number of carboxylic acids is 1. The van der Waals surface area contributed by atoms with E-state index in [0.29, 0.717) is 17.3 Å². The van der Waals surface area contributed by atoms with Gasteiger partial charge in [-0.05, 0) is 36.0 Å². The molecule has 0 heterocycles. The maximum atomic E-state index is 10.4. The molecule has 2 nitrogen and oxygen atoms in total. The van der Waals surface area contributed by atoms with Crippen molar-refractivity contribution in [2.75, 3.05) is 0 Å². The van der Waals surface area contributed by atoms with Crippen molar-refractivity contribution in [1.29, 1.82) is 0 Å². The van der Waals surface area contributed by atoms with Crippen LogP contribution in [0.2, 0.25) is 0 Å². The van der Waals surface area contributed by atoms with Gasteiger partial charge in [-0.3, -0.25) is 4.79 Å². The first-order valence-electron chi connectivity index (χ1n) is 8.74. The van der Waals surface area contributed by atoms with E-state index in [-0.39, 0.29) is 0 Å². The summed E-state index contributed by atoms with van der Waals surface area (Å²) in [6, 6.07) is 0. The molecule has 0 aromatic rings. The Hall–Kier alpha value is -0.530. The van der Waals surface area contributed by atoms with Crippen molar-refractivity contribution in [3.05, 3.63) is 0 Å². The van der Waals surface area contributed by atoms with Crippen molar-refractivity contribution >= 4 is 5.97 Å². The van der Waals surface area contributed by atoms with Crippen LogP contribution in [0.25, 0.3) is 0 Å². The summed E-state index contributed by atoms with van der Waals surface area (Å²) < 4.78 is 0. The predicted octanol–water partition coefficient (Wildman–Crippen LogP) is 6.29. The second-order valence-electron chi connectivity index (χ2n) is 8.88. The fraction of sp³-hybridized carbons (Fsp3) is 0.947. The van der Waals surface area contributed by atoms with Gasteiger partial charge in [0.2, 0.25) is 0 Å². The van der Waals surface area contributed by atoms with Gasteiger partial charge in [-0.25, -0.2) is 0 Å². The molecule has 0 amide bonds. The highest BCUT2D eigenvalue weighted by molar-refractivity contribution is 5.66. The van der Waals surface area contributed by atoms with Crippen LogP contribution in [-0.4, -0.2) is 11.1 Å². The lowest BCUT2D eigenvalue weighted by Gasteiger charge is -2.36. The normalized spacial score (nSPS) is 14.2. The molecule has 1 atom stereocenters. The Kier molecular flexibility index (Phi) is 9.24. The molecule has 0 spiro atoms. The first-order valence-corrected chi connectivity index (χ1v) is 8.74. The Balaban J connectivity index is 3.82. The van der Waals surface area contributed by atoms with Crippen molar-refractivity contribution in [3.8, 4) is 0 Å². The molecule has 0 radical (unpaired) electrons. The van der Waals surface area contributed by atoms with Gasteiger partial charge in [0, 0.05) is 6.42 Å². The second kappa shape index (κ2) is 9.48. The molecule has 0 aliphatic carbocycles. The molecule has 0 bridgehead atoms. The SMILES string of the molecule is CC(C)(C)CC(CCCCCCCCC(=O)O)C(C)(C)C. The molecule has 0 rings (SSSR count). The molecule has 0 fully saturated rings. The van der Waals surface area contributed by atoms with Crippen LogP contribution in [0.3, 0.4) is 0 Å². The maximum Gasteiger partial charge on any atom is 0.303 e. The summed E-state index contributed by atoms with van der Waals surface area (Å²) in [6.07, 6.45) is 9.92. The van der Waals surface area contributed by atoms with Gasteiger partial charge in [0.1, 0.15) is 0 Å². The van der Waals surface area contributed by atoms with Gasteiger partial charge in [-0.2, -0.15) is 0 Å². The van der Waals surface area contributed by atoms with Gasteiger partial charge in [0.15, 0.2) is 0 Å². The van der Waals surface area contributed by atoms with E-state index < -0.39 is 5.97 Å². The van der Waals surface area contributed by atoms with E-state index in [1.807, 2.05) is 0 Å². The number of unbranched alkanes of at least 4 members (excludes halogenated alkanes) is 5. The van der Waals surface area contributed by atoms with Crippen molar-refractivity contribution < 1.29 is 9.90 Å². The Labute approximate surface area is 132 Å². The molecule has 0 aliphatic heterocycles. The Morgan fingerprint density at radius 1 is 0.857 bits per heavy atom. The highest BCUT2D eigenvalue weighted by atomic mass is 16.4. The molecule has 1 unspecified atom stereocenters. The third kappa shape index (κ3) is 12.9. The number of hydrogen-bond donors (Lipinski definition) is 1. The van der Waals surface area contributed by atoms with Crippen LogP contribution in [0.1, 0.15) is 99.3 Å². The van der Waals surface area contributed by atoms with E-state index in [0.717, 1.165) is 18.8 Å².